The average Bonchev–Trinajstić information content (AvgIpc) is 2.47. The van der Waals surface area contributed by atoms with Crippen molar-refractivity contribution in [2.24, 2.45) is 0 Å². The molecule has 1 aromatic rings. The maximum absolute atomic E-state index is 11.5. The van der Waals surface area contributed by atoms with Crippen molar-refractivity contribution in [3.05, 3.63) is 35.4 Å². The summed E-state index contributed by atoms with van der Waals surface area (Å²) < 4.78 is 9.44. The number of carbonyl (C=O) groups excluding carboxylic acids is 2. The summed E-state index contributed by atoms with van der Waals surface area (Å²) >= 11 is 0. The Morgan fingerprint density at radius 3 is 2.45 bits per heavy atom. The van der Waals surface area contributed by atoms with Crippen LogP contribution in [0.3, 0.4) is 0 Å². The van der Waals surface area contributed by atoms with E-state index in [4.69, 9.17) is 4.74 Å². The summed E-state index contributed by atoms with van der Waals surface area (Å²) in [5.74, 6) is -0.272. The topological polar surface area (TPSA) is 52.6 Å². The van der Waals surface area contributed by atoms with E-state index < -0.39 is 0 Å². The molecule has 0 fully saturated rings. The van der Waals surface area contributed by atoms with Gasteiger partial charge in [0.25, 0.3) is 0 Å². The van der Waals surface area contributed by atoms with E-state index in [0.717, 1.165) is 32.1 Å². The highest BCUT2D eigenvalue weighted by Crippen LogP contribution is 2.10. The Morgan fingerprint density at radius 2 is 1.80 bits per heavy atom. The summed E-state index contributed by atoms with van der Waals surface area (Å²) in [4.78, 5) is 21.3. The van der Waals surface area contributed by atoms with Gasteiger partial charge >= 0.3 is 12.4 Å². The van der Waals surface area contributed by atoms with Crippen LogP contribution in [-0.2, 0) is 20.7 Å². The number of aryl methyl sites for hydroxylation is 1. The minimum atomic E-state index is -0.272. The second-order valence-corrected chi connectivity index (χ2v) is 4.51. The van der Waals surface area contributed by atoms with E-state index in [1.165, 1.54) is 12.0 Å². The summed E-state index contributed by atoms with van der Waals surface area (Å²) in [6, 6.07) is 7.55. The van der Waals surface area contributed by atoms with Crippen LogP contribution >= 0.6 is 0 Å². The molecule has 0 saturated heterocycles. The second-order valence-electron chi connectivity index (χ2n) is 4.51. The Kier molecular flexibility index (Phi) is 8.11. The Hall–Kier alpha value is -1.84. The molecule has 0 aliphatic heterocycles. The number of benzene rings is 1. The van der Waals surface area contributed by atoms with Crippen LogP contribution in [0.25, 0.3) is 0 Å². The van der Waals surface area contributed by atoms with Gasteiger partial charge in [0.15, 0.2) is 0 Å². The molecule has 4 nitrogen and oxygen atoms in total. The summed E-state index contributed by atoms with van der Waals surface area (Å²) in [7, 11) is 0. The zero-order valence-electron chi connectivity index (χ0n) is 11.9. The van der Waals surface area contributed by atoms with Crippen molar-refractivity contribution in [3.8, 4) is 0 Å². The van der Waals surface area contributed by atoms with Crippen LogP contribution in [0.4, 0.5) is 0 Å². The number of hydrogen-bond acceptors (Lipinski definition) is 4. The molecule has 0 aliphatic carbocycles. The van der Waals surface area contributed by atoms with Crippen LogP contribution in [0.5, 0.6) is 0 Å². The summed E-state index contributed by atoms with van der Waals surface area (Å²) in [6.07, 6.45) is 5.11. The first kappa shape index (κ1) is 16.2. The van der Waals surface area contributed by atoms with E-state index in [2.05, 4.69) is 4.74 Å². The number of hydrogen-bond donors (Lipinski definition) is 0. The molecule has 0 unspecified atom stereocenters. The lowest BCUT2D eigenvalue weighted by atomic mass is 10.0. The first-order valence-electron chi connectivity index (χ1n) is 7.03. The molecular weight excluding hydrogens is 256 g/mol. The molecule has 1 aromatic carbocycles. The third-order valence-corrected chi connectivity index (χ3v) is 2.99. The predicted molar refractivity (Wildman–Crippen MR) is 76.2 cm³/mol. The van der Waals surface area contributed by atoms with Gasteiger partial charge in [-0.25, -0.2) is 9.59 Å². The Bertz CT molecular complexity index is 397. The van der Waals surface area contributed by atoms with Crippen LogP contribution in [0, 0.1) is 0 Å². The van der Waals surface area contributed by atoms with Crippen LogP contribution in [-0.4, -0.2) is 25.7 Å². The van der Waals surface area contributed by atoms with Gasteiger partial charge in [0, 0.05) is 0 Å². The third kappa shape index (κ3) is 6.36. The molecule has 0 N–H and O–H groups in total. The van der Waals surface area contributed by atoms with Crippen molar-refractivity contribution in [2.45, 2.75) is 39.0 Å². The monoisotopic (exact) mass is 277 g/mol. The van der Waals surface area contributed by atoms with Gasteiger partial charge in [0.2, 0.25) is 0 Å². The smallest absolute Gasteiger partial charge is 0.417 e. The molecule has 1 rings (SSSR count). The number of unbranched alkanes of at least 4 members (excludes halogenated alkanes) is 3. The number of rotatable bonds is 10. The van der Waals surface area contributed by atoms with Crippen molar-refractivity contribution in [1.29, 1.82) is 0 Å². The van der Waals surface area contributed by atoms with Gasteiger partial charge in [0.1, 0.15) is 0 Å². The molecule has 0 amide bonds. The minimum Gasteiger partial charge on any atom is -0.462 e. The Labute approximate surface area is 120 Å². The minimum absolute atomic E-state index is 0.272. The van der Waals surface area contributed by atoms with E-state index in [9.17, 15) is 9.59 Å². The van der Waals surface area contributed by atoms with Gasteiger partial charge in [-0.05, 0) is 43.9 Å². The normalized spacial score (nSPS) is 10.1. The third-order valence-electron chi connectivity index (χ3n) is 2.99. The van der Waals surface area contributed by atoms with Gasteiger partial charge < -0.3 is 9.47 Å². The molecule has 0 atom stereocenters. The van der Waals surface area contributed by atoms with Gasteiger partial charge in [0.05, 0.1) is 18.8 Å². The van der Waals surface area contributed by atoms with E-state index in [0.29, 0.717) is 18.8 Å². The second kappa shape index (κ2) is 10.0. The highest BCUT2D eigenvalue weighted by Gasteiger charge is 2.05. The van der Waals surface area contributed by atoms with E-state index in [-0.39, 0.29) is 5.97 Å². The zero-order chi connectivity index (χ0) is 14.6. The Balaban J connectivity index is 2.21. The molecule has 0 bridgehead atoms. The van der Waals surface area contributed by atoms with Crippen molar-refractivity contribution in [2.75, 3.05) is 13.2 Å². The molecule has 20 heavy (non-hydrogen) atoms. The van der Waals surface area contributed by atoms with Crippen LogP contribution in [0.1, 0.15) is 48.5 Å². The fourth-order valence-electron chi connectivity index (χ4n) is 1.92. The van der Waals surface area contributed by atoms with Gasteiger partial charge in [-0.15, -0.1) is 0 Å². The average molecular weight is 277 g/mol. The maximum atomic E-state index is 11.5. The lowest BCUT2D eigenvalue weighted by molar-refractivity contribution is 0.0526. The van der Waals surface area contributed by atoms with Gasteiger partial charge in [-0.3, -0.25) is 0 Å². The van der Waals surface area contributed by atoms with Crippen LogP contribution in [0.15, 0.2) is 24.3 Å². The highest BCUT2D eigenvalue weighted by atomic mass is 16.5. The molecule has 109 valence electrons. The SMILES string of the molecule is CCOC(=O)c1ccc(CCCCCCO[C]=O)cc1. The van der Waals surface area contributed by atoms with Crippen LogP contribution in [0.2, 0.25) is 0 Å². The maximum Gasteiger partial charge on any atom is 0.417 e. The molecule has 0 aliphatic rings. The van der Waals surface area contributed by atoms with Gasteiger partial charge in [-0.1, -0.05) is 25.0 Å². The molecule has 0 heterocycles. The largest absolute Gasteiger partial charge is 0.462 e. The lowest BCUT2D eigenvalue weighted by Crippen LogP contribution is -2.04. The van der Waals surface area contributed by atoms with E-state index >= 15 is 0 Å². The molecule has 0 saturated carbocycles. The quantitative estimate of drug-likeness (QED) is 0.487. The zero-order valence-corrected chi connectivity index (χ0v) is 11.9. The molecular formula is C16H21O4. The highest BCUT2D eigenvalue weighted by molar-refractivity contribution is 5.89. The molecule has 0 aromatic heterocycles. The van der Waals surface area contributed by atoms with E-state index in [1.807, 2.05) is 12.1 Å². The van der Waals surface area contributed by atoms with Crippen molar-refractivity contribution in [3.63, 3.8) is 0 Å². The van der Waals surface area contributed by atoms with Crippen molar-refractivity contribution < 1.29 is 19.1 Å². The summed E-state index contributed by atoms with van der Waals surface area (Å²) in [5, 5.41) is 0. The predicted octanol–water partition coefficient (Wildman–Crippen LogP) is 3.05. The standard InChI is InChI=1S/C16H21O4/c1-2-20-16(18)15-10-8-14(9-11-15)7-5-3-4-6-12-19-13-17/h8-11H,2-7,12H2,1H3. The summed E-state index contributed by atoms with van der Waals surface area (Å²) in [6.45, 7) is 4.07. The van der Waals surface area contributed by atoms with Crippen molar-refractivity contribution in [1.82, 2.24) is 0 Å². The summed E-state index contributed by atoms with van der Waals surface area (Å²) in [5.41, 5.74) is 1.81. The molecule has 1 radical (unpaired) electrons. The van der Waals surface area contributed by atoms with Gasteiger partial charge in [-0.2, -0.15) is 0 Å². The molecule has 0 spiro atoms. The lowest BCUT2D eigenvalue weighted by Gasteiger charge is -2.04. The first-order chi connectivity index (χ1) is 9.77. The van der Waals surface area contributed by atoms with E-state index in [1.54, 1.807) is 19.1 Å². The number of ether oxygens (including phenoxy) is 2. The molecule has 4 heteroatoms. The fourth-order valence-corrected chi connectivity index (χ4v) is 1.92. The number of esters is 1. The Morgan fingerprint density at radius 1 is 1.10 bits per heavy atom. The van der Waals surface area contributed by atoms with Crippen LogP contribution < -0.4 is 0 Å². The fraction of sp³-hybridized carbons (Fsp3) is 0.500. The van der Waals surface area contributed by atoms with Crippen molar-refractivity contribution >= 4 is 12.4 Å². The number of carbonyl (C=O) groups is 1. The first-order valence-corrected chi connectivity index (χ1v) is 7.03.